The summed E-state index contributed by atoms with van der Waals surface area (Å²) >= 11 is 0. The second-order valence-corrected chi connectivity index (χ2v) is 4.90. The molecule has 0 amide bonds. The van der Waals surface area contributed by atoms with Crippen LogP contribution in [0.25, 0.3) is 0 Å². The standard InChI is InChI=1S/C9H19O2P/c1-12(10)11-8-7-9-5-3-2-4-6-9/h9,12H,2-8H2,1H3. The van der Waals surface area contributed by atoms with Crippen molar-refractivity contribution in [3.05, 3.63) is 0 Å². The molecule has 0 aliphatic heterocycles. The van der Waals surface area contributed by atoms with Crippen LogP contribution < -0.4 is 0 Å². The van der Waals surface area contributed by atoms with Crippen LogP contribution in [0.5, 0.6) is 0 Å². The molecule has 0 radical (unpaired) electrons. The third-order valence-electron chi connectivity index (χ3n) is 2.56. The monoisotopic (exact) mass is 190 g/mol. The summed E-state index contributed by atoms with van der Waals surface area (Å²) in [6.07, 6.45) is 7.99. The molecule has 3 heteroatoms. The Labute approximate surface area is 75.6 Å². The van der Waals surface area contributed by atoms with Crippen molar-refractivity contribution >= 4 is 8.03 Å². The van der Waals surface area contributed by atoms with Gasteiger partial charge in [-0.15, -0.1) is 0 Å². The van der Waals surface area contributed by atoms with E-state index in [1.54, 1.807) is 6.66 Å². The first-order valence-corrected chi connectivity index (χ1v) is 6.74. The highest BCUT2D eigenvalue weighted by Crippen LogP contribution is 2.27. The minimum Gasteiger partial charge on any atom is -0.331 e. The third-order valence-corrected chi connectivity index (χ3v) is 3.17. The summed E-state index contributed by atoms with van der Waals surface area (Å²) in [6.45, 7) is 2.37. The van der Waals surface area contributed by atoms with Gasteiger partial charge in [-0.05, 0) is 12.3 Å². The molecule has 1 aliphatic carbocycles. The highest BCUT2D eigenvalue weighted by atomic mass is 31.1. The molecule has 0 bridgehead atoms. The summed E-state index contributed by atoms with van der Waals surface area (Å²) in [5.74, 6) is 0.847. The van der Waals surface area contributed by atoms with E-state index in [0.717, 1.165) is 12.3 Å². The van der Waals surface area contributed by atoms with Gasteiger partial charge in [0.2, 0.25) is 0 Å². The van der Waals surface area contributed by atoms with Gasteiger partial charge in [0.1, 0.15) is 0 Å². The van der Waals surface area contributed by atoms with E-state index < -0.39 is 8.03 Å². The van der Waals surface area contributed by atoms with Crippen molar-refractivity contribution in [2.75, 3.05) is 13.3 Å². The van der Waals surface area contributed by atoms with E-state index in [2.05, 4.69) is 0 Å². The molecule has 1 rings (SSSR count). The molecule has 2 nitrogen and oxygen atoms in total. The number of hydrogen-bond donors (Lipinski definition) is 0. The zero-order chi connectivity index (χ0) is 8.81. The Hall–Kier alpha value is 0.190. The van der Waals surface area contributed by atoms with Gasteiger partial charge in [-0.2, -0.15) is 0 Å². The normalized spacial score (nSPS) is 22.4. The summed E-state index contributed by atoms with van der Waals surface area (Å²) in [6, 6.07) is 0. The highest BCUT2D eigenvalue weighted by molar-refractivity contribution is 7.38. The van der Waals surface area contributed by atoms with Gasteiger partial charge < -0.3 is 4.52 Å². The van der Waals surface area contributed by atoms with Gasteiger partial charge in [0, 0.05) is 6.66 Å². The van der Waals surface area contributed by atoms with Gasteiger partial charge in [0.15, 0.2) is 8.03 Å². The zero-order valence-corrected chi connectivity index (χ0v) is 8.84. The topological polar surface area (TPSA) is 26.3 Å². The molecule has 0 aromatic rings. The van der Waals surface area contributed by atoms with Crippen LogP contribution in [0.2, 0.25) is 0 Å². The molecule has 1 saturated carbocycles. The predicted octanol–water partition coefficient (Wildman–Crippen LogP) is 3.08. The molecule has 0 N–H and O–H groups in total. The fourth-order valence-electron chi connectivity index (χ4n) is 1.85. The minimum absolute atomic E-state index is 0.707. The van der Waals surface area contributed by atoms with Crippen molar-refractivity contribution < 1.29 is 9.09 Å². The van der Waals surface area contributed by atoms with Gasteiger partial charge in [0.25, 0.3) is 0 Å². The second-order valence-electron chi connectivity index (χ2n) is 3.63. The number of rotatable bonds is 4. The molecule has 0 heterocycles. The molecule has 12 heavy (non-hydrogen) atoms. The first-order chi connectivity index (χ1) is 5.79. The molecular formula is C9H19O2P. The fraction of sp³-hybridized carbons (Fsp3) is 1.00. The van der Waals surface area contributed by atoms with Crippen LogP contribution in [0.3, 0.4) is 0 Å². The van der Waals surface area contributed by atoms with E-state index in [0.29, 0.717) is 6.61 Å². The van der Waals surface area contributed by atoms with Gasteiger partial charge in [-0.1, -0.05) is 32.1 Å². The summed E-state index contributed by atoms with van der Waals surface area (Å²) in [5.41, 5.74) is 0. The lowest BCUT2D eigenvalue weighted by atomic mass is 9.87. The van der Waals surface area contributed by atoms with Crippen LogP contribution in [0.4, 0.5) is 0 Å². The summed E-state index contributed by atoms with van der Waals surface area (Å²) < 4.78 is 15.7. The second kappa shape index (κ2) is 5.77. The lowest BCUT2D eigenvalue weighted by molar-refractivity contribution is 0.255. The van der Waals surface area contributed by atoms with Gasteiger partial charge in [-0.3, -0.25) is 4.57 Å². The van der Waals surface area contributed by atoms with E-state index in [1.165, 1.54) is 32.1 Å². The van der Waals surface area contributed by atoms with Gasteiger partial charge in [0.05, 0.1) is 6.61 Å². The molecule has 1 aliphatic rings. The molecule has 1 unspecified atom stereocenters. The van der Waals surface area contributed by atoms with Gasteiger partial charge in [-0.25, -0.2) is 0 Å². The molecule has 72 valence electrons. The van der Waals surface area contributed by atoms with Crippen LogP contribution in [-0.2, 0) is 9.09 Å². The SMILES string of the molecule is C[PH](=O)OCCC1CCCCC1. The predicted molar refractivity (Wildman–Crippen MR) is 52.1 cm³/mol. The molecule has 0 saturated heterocycles. The van der Waals surface area contributed by atoms with Crippen molar-refractivity contribution in [3.63, 3.8) is 0 Å². The first-order valence-electron chi connectivity index (χ1n) is 4.92. The Morgan fingerprint density at radius 3 is 2.58 bits per heavy atom. The summed E-state index contributed by atoms with van der Waals surface area (Å²) in [4.78, 5) is 0. The Bertz CT molecular complexity index is 141. The Morgan fingerprint density at radius 2 is 2.00 bits per heavy atom. The molecule has 1 atom stereocenters. The van der Waals surface area contributed by atoms with Crippen molar-refractivity contribution in [1.29, 1.82) is 0 Å². The lowest BCUT2D eigenvalue weighted by Gasteiger charge is -2.20. The summed E-state index contributed by atoms with van der Waals surface area (Å²) in [5, 5.41) is 0. The Balaban J connectivity index is 2.01. The third kappa shape index (κ3) is 4.27. The number of hydrogen-bond acceptors (Lipinski definition) is 2. The maximum absolute atomic E-state index is 10.6. The average molecular weight is 190 g/mol. The van der Waals surface area contributed by atoms with Gasteiger partial charge >= 0.3 is 0 Å². The largest absolute Gasteiger partial charge is 0.331 e. The lowest BCUT2D eigenvalue weighted by Crippen LogP contribution is -2.08. The van der Waals surface area contributed by atoms with E-state index in [-0.39, 0.29) is 0 Å². The summed E-state index contributed by atoms with van der Waals surface area (Å²) in [7, 11) is -1.68. The van der Waals surface area contributed by atoms with Crippen molar-refractivity contribution in [1.82, 2.24) is 0 Å². The van der Waals surface area contributed by atoms with Crippen molar-refractivity contribution in [2.24, 2.45) is 5.92 Å². The van der Waals surface area contributed by atoms with E-state index in [1.807, 2.05) is 0 Å². The van der Waals surface area contributed by atoms with Crippen LogP contribution in [-0.4, -0.2) is 13.3 Å². The van der Waals surface area contributed by atoms with Crippen LogP contribution in [0.1, 0.15) is 38.5 Å². The molecule has 1 fully saturated rings. The van der Waals surface area contributed by atoms with E-state index in [4.69, 9.17) is 4.52 Å². The first kappa shape index (κ1) is 10.3. The Morgan fingerprint density at radius 1 is 1.33 bits per heavy atom. The van der Waals surface area contributed by atoms with Crippen LogP contribution in [0.15, 0.2) is 0 Å². The van der Waals surface area contributed by atoms with E-state index >= 15 is 0 Å². The highest BCUT2D eigenvalue weighted by Gasteiger charge is 2.12. The minimum atomic E-state index is -1.68. The van der Waals surface area contributed by atoms with Crippen LogP contribution in [0, 0.1) is 5.92 Å². The fourth-order valence-corrected chi connectivity index (χ4v) is 2.25. The average Bonchev–Trinajstić information content (AvgIpc) is 2.05. The zero-order valence-electron chi connectivity index (χ0n) is 7.84. The molecular weight excluding hydrogens is 171 g/mol. The molecule has 0 spiro atoms. The van der Waals surface area contributed by atoms with Crippen molar-refractivity contribution in [2.45, 2.75) is 38.5 Å². The maximum atomic E-state index is 10.6. The van der Waals surface area contributed by atoms with Crippen LogP contribution >= 0.6 is 8.03 Å². The quantitative estimate of drug-likeness (QED) is 0.637. The Kier molecular flexibility index (Phi) is 4.94. The van der Waals surface area contributed by atoms with E-state index in [9.17, 15) is 4.57 Å². The smallest absolute Gasteiger partial charge is 0.188 e. The maximum Gasteiger partial charge on any atom is 0.188 e. The van der Waals surface area contributed by atoms with Crippen molar-refractivity contribution in [3.8, 4) is 0 Å². The molecule has 0 aromatic carbocycles. The molecule has 0 aromatic heterocycles.